The predicted octanol–water partition coefficient (Wildman–Crippen LogP) is 0.996. The molecule has 1 atom stereocenters. The smallest absolute Gasteiger partial charge is 0.257 e. The van der Waals surface area contributed by atoms with Crippen molar-refractivity contribution < 1.29 is 14.4 Å². The second kappa shape index (κ2) is 6.02. The summed E-state index contributed by atoms with van der Waals surface area (Å²) in [5.41, 5.74) is 2.93. The third kappa shape index (κ3) is 3.17. The van der Waals surface area contributed by atoms with Crippen LogP contribution in [0.1, 0.15) is 22.3 Å². The van der Waals surface area contributed by atoms with Gasteiger partial charge in [-0.15, -0.1) is 10.2 Å². The molecule has 1 aliphatic rings. The van der Waals surface area contributed by atoms with E-state index in [-0.39, 0.29) is 30.1 Å². The molecule has 0 spiro atoms. The Morgan fingerprint density at radius 1 is 1.32 bits per heavy atom. The summed E-state index contributed by atoms with van der Waals surface area (Å²) >= 11 is 1.24. The van der Waals surface area contributed by atoms with Gasteiger partial charge in [0.05, 0.1) is 5.92 Å². The number of aromatic nitrogens is 2. The van der Waals surface area contributed by atoms with Crippen molar-refractivity contribution in [3.8, 4) is 0 Å². The summed E-state index contributed by atoms with van der Waals surface area (Å²) in [6.07, 6.45) is 0.702. The Kier molecular flexibility index (Phi) is 3.92. The molecule has 2 aromatic rings. The van der Waals surface area contributed by atoms with Gasteiger partial charge in [-0.25, -0.2) is 0 Å². The molecule has 1 unspecified atom stereocenters. The summed E-state index contributed by atoms with van der Waals surface area (Å²) < 4.78 is 0. The summed E-state index contributed by atoms with van der Waals surface area (Å²) in [5, 5.41) is 12.8. The first-order valence-electron chi connectivity index (χ1n) is 6.62. The van der Waals surface area contributed by atoms with E-state index >= 15 is 0 Å². The first-order valence-corrected chi connectivity index (χ1v) is 7.50. The Labute approximate surface area is 129 Å². The van der Waals surface area contributed by atoms with Crippen molar-refractivity contribution in [2.75, 3.05) is 5.32 Å². The minimum absolute atomic E-state index is 0.220. The molecule has 8 heteroatoms. The average molecular weight is 316 g/mol. The number of hydrogen-bond donors (Lipinski definition) is 2. The zero-order chi connectivity index (χ0) is 15.5. The first-order chi connectivity index (χ1) is 10.6. The van der Waals surface area contributed by atoms with Gasteiger partial charge in [0.1, 0.15) is 5.51 Å². The molecule has 0 radical (unpaired) electrons. The van der Waals surface area contributed by atoms with Crippen molar-refractivity contribution in [1.82, 2.24) is 15.5 Å². The molecule has 112 valence electrons. The molecular formula is C14H12N4O3S. The second-order valence-electron chi connectivity index (χ2n) is 4.91. The predicted molar refractivity (Wildman–Crippen MR) is 79.3 cm³/mol. The maximum absolute atomic E-state index is 12.0. The van der Waals surface area contributed by atoms with Gasteiger partial charge in [-0.3, -0.25) is 25.0 Å². The number of nitrogens with one attached hydrogen (secondary N) is 2. The van der Waals surface area contributed by atoms with Crippen molar-refractivity contribution in [3.63, 3.8) is 0 Å². The largest absolute Gasteiger partial charge is 0.296 e. The van der Waals surface area contributed by atoms with Crippen molar-refractivity contribution in [3.05, 3.63) is 40.9 Å². The van der Waals surface area contributed by atoms with Crippen molar-refractivity contribution in [2.24, 2.45) is 5.92 Å². The van der Waals surface area contributed by atoms with Crippen molar-refractivity contribution in [1.29, 1.82) is 0 Å². The minimum atomic E-state index is -0.325. The van der Waals surface area contributed by atoms with Gasteiger partial charge in [0.2, 0.25) is 16.9 Å². The van der Waals surface area contributed by atoms with Crippen LogP contribution in [0, 0.1) is 5.92 Å². The highest BCUT2D eigenvalue weighted by atomic mass is 32.1. The van der Waals surface area contributed by atoms with Crippen LogP contribution in [0.3, 0.4) is 0 Å². The zero-order valence-corrected chi connectivity index (χ0v) is 12.2. The standard InChI is InChI=1S/C14H12N4O3S/c19-11-6-10(13(21)16-11)5-8-1-3-9(4-2-8)12(20)17-14-18-15-7-22-14/h1-4,7,10H,5-6H2,(H,16,19,21)(H,17,18,20). The number of hydrogen-bond acceptors (Lipinski definition) is 6. The molecule has 2 N–H and O–H groups in total. The summed E-state index contributed by atoms with van der Waals surface area (Å²) in [7, 11) is 0. The molecule has 3 rings (SSSR count). The number of nitrogens with zero attached hydrogens (tertiary/aromatic N) is 2. The van der Waals surface area contributed by atoms with E-state index in [0.717, 1.165) is 5.56 Å². The van der Waals surface area contributed by atoms with E-state index in [1.165, 1.54) is 16.8 Å². The molecule has 22 heavy (non-hydrogen) atoms. The molecular weight excluding hydrogens is 304 g/mol. The van der Waals surface area contributed by atoms with Gasteiger partial charge < -0.3 is 0 Å². The number of amides is 3. The van der Waals surface area contributed by atoms with E-state index in [9.17, 15) is 14.4 Å². The zero-order valence-electron chi connectivity index (χ0n) is 11.4. The summed E-state index contributed by atoms with van der Waals surface area (Å²) in [6.45, 7) is 0. The molecule has 7 nitrogen and oxygen atoms in total. The number of rotatable bonds is 4. The van der Waals surface area contributed by atoms with Crippen LogP contribution in [0.15, 0.2) is 29.8 Å². The lowest BCUT2D eigenvalue weighted by Gasteiger charge is -2.07. The topological polar surface area (TPSA) is 101 Å². The van der Waals surface area contributed by atoms with Crippen LogP contribution in [-0.2, 0) is 16.0 Å². The highest BCUT2D eigenvalue weighted by Gasteiger charge is 2.30. The fourth-order valence-electron chi connectivity index (χ4n) is 2.25. The number of benzene rings is 1. The lowest BCUT2D eigenvalue weighted by atomic mass is 9.97. The molecule has 1 aliphatic heterocycles. The van der Waals surface area contributed by atoms with Crippen LogP contribution in [0.25, 0.3) is 0 Å². The van der Waals surface area contributed by atoms with E-state index in [1.807, 2.05) is 0 Å². The number of carbonyl (C=O) groups excluding carboxylic acids is 3. The van der Waals surface area contributed by atoms with Gasteiger partial charge in [-0.05, 0) is 24.1 Å². The van der Waals surface area contributed by atoms with Crippen molar-refractivity contribution in [2.45, 2.75) is 12.8 Å². The number of anilines is 1. The maximum Gasteiger partial charge on any atom is 0.257 e. The highest BCUT2D eigenvalue weighted by Crippen LogP contribution is 2.18. The molecule has 0 saturated carbocycles. The van der Waals surface area contributed by atoms with Gasteiger partial charge in [0, 0.05) is 12.0 Å². The Hall–Kier alpha value is -2.61. The van der Waals surface area contributed by atoms with E-state index in [4.69, 9.17) is 0 Å². The quantitative estimate of drug-likeness (QED) is 0.819. The van der Waals surface area contributed by atoms with Crippen LogP contribution >= 0.6 is 11.3 Å². The van der Waals surface area contributed by atoms with Gasteiger partial charge in [-0.1, -0.05) is 23.5 Å². The summed E-state index contributed by atoms with van der Waals surface area (Å²) in [5.74, 6) is -1.06. The summed E-state index contributed by atoms with van der Waals surface area (Å²) in [6, 6.07) is 6.93. The SMILES string of the molecule is O=C1CC(Cc2ccc(C(=O)Nc3nncs3)cc2)C(=O)N1. The third-order valence-electron chi connectivity index (χ3n) is 3.34. The molecule has 1 aromatic heterocycles. The molecule has 3 amide bonds. The minimum Gasteiger partial charge on any atom is -0.296 e. The monoisotopic (exact) mass is 316 g/mol. The maximum atomic E-state index is 12.0. The highest BCUT2D eigenvalue weighted by molar-refractivity contribution is 7.13. The van der Waals surface area contributed by atoms with Gasteiger partial charge in [0.25, 0.3) is 5.91 Å². The van der Waals surface area contributed by atoms with Gasteiger partial charge in [0.15, 0.2) is 0 Å². The van der Waals surface area contributed by atoms with E-state index < -0.39 is 0 Å². The molecule has 1 aromatic carbocycles. The van der Waals surface area contributed by atoms with Crippen LogP contribution in [0.4, 0.5) is 5.13 Å². The molecule has 1 fully saturated rings. The van der Waals surface area contributed by atoms with E-state index in [1.54, 1.807) is 24.3 Å². The Morgan fingerprint density at radius 2 is 2.09 bits per heavy atom. The molecule has 0 bridgehead atoms. The molecule has 0 aliphatic carbocycles. The van der Waals surface area contributed by atoms with Gasteiger partial charge >= 0.3 is 0 Å². The average Bonchev–Trinajstić information content (AvgIpc) is 3.10. The fourth-order valence-corrected chi connectivity index (χ4v) is 2.69. The second-order valence-corrected chi connectivity index (χ2v) is 5.75. The summed E-state index contributed by atoms with van der Waals surface area (Å²) in [4.78, 5) is 34.7. The lowest BCUT2D eigenvalue weighted by molar-refractivity contribution is -0.125. The Bertz CT molecular complexity index is 712. The number of carbonyl (C=O) groups is 3. The van der Waals surface area contributed by atoms with E-state index in [2.05, 4.69) is 20.8 Å². The Morgan fingerprint density at radius 3 is 2.68 bits per heavy atom. The normalized spacial score (nSPS) is 17.4. The van der Waals surface area contributed by atoms with Crippen LogP contribution in [0.2, 0.25) is 0 Å². The van der Waals surface area contributed by atoms with Gasteiger partial charge in [-0.2, -0.15) is 0 Å². The molecule has 2 heterocycles. The fraction of sp³-hybridized carbons (Fsp3) is 0.214. The van der Waals surface area contributed by atoms with Crippen molar-refractivity contribution >= 4 is 34.2 Å². The molecule has 1 saturated heterocycles. The van der Waals surface area contributed by atoms with Crippen LogP contribution in [0.5, 0.6) is 0 Å². The third-order valence-corrected chi connectivity index (χ3v) is 3.95. The Balaban J connectivity index is 1.64. The van der Waals surface area contributed by atoms with Crippen LogP contribution in [-0.4, -0.2) is 27.9 Å². The lowest BCUT2D eigenvalue weighted by Crippen LogP contribution is -2.22. The van der Waals surface area contributed by atoms with Crippen LogP contribution < -0.4 is 10.6 Å². The first kappa shape index (κ1) is 14.3. The van der Waals surface area contributed by atoms with E-state index in [0.29, 0.717) is 17.1 Å². The number of imide groups is 1.